The molecular formula is C20H16N2O6S. The van der Waals surface area contributed by atoms with Crippen molar-refractivity contribution in [3.63, 3.8) is 0 Å². The van der Waals surface area contributed by atoms with Crippen molar-refractivity contribution >= 4 is 27.1 Å². The van der Waals surface area contributed by atoms with E-state index in [1.165, 1.54) is 30.5 Å². The van der Waals surface area contributed by atoms with Gasteiger partial charge in [0.15, 0.2) is 12.2 Å². The second-order valence-corrected chi connectivity index (χ2v) is 7.85. The summed E-state index contributed by atoms with van der Waals surface area (Å²) in [6.07, 6.45) is 1.46. The highest BCUT2D eigenvalue weighted by molar-refractivity contribution is 7.89. The lowest BCUT2D eigenvalue weighted by Gasteiger charge is -2.07. The summed E-state index contributed by atoms with van der Waals surface area (Å²) in [5.74, 6) is 0.0428. The average Bonchev–Trinajstić information content (AvgIpc) is 3.40. The summed E-state index contributed by atoms with van der Waals surface area (Å²) in [4.78, 5) is 16.5. The third-order valence-electron chi connectivity index (χ3n) is 4.06. The van der Waals surface area contributed by atoms with Crippen LogP contribution in [0, 0.1) is 0 Å². The number of para-hydroxylation sites is 2. The molecule has 0 radical (unpaired) electrons. The molecule has 0 atom stereocenters. The van der Waals surface area contributed by atoms with Crippen molar-refractivity contribution in [2.24, 2.45) is 0 Å². The minimum absolute atomic E-state index is 0.00172. The first-order valence-corrected chi connectivity index (χ1v) is 10.1. The van der Waals surface area contributed by atoms with Gasteiger partial charge in [0.2, 0.25) is 15.9 Å². The maximum atomic E-state index is 12.5. The summed E-state index contributed by atoms with van der Waals surface area (Å²) in [5, 5.41) is 0. The van der Waals surface area contributed by atoms with Crippen molar-refractivity contribution in [2.75, 3.05) is 0 Å². The van der Waals surface area contributed by atoms with Crippen molar-refractivity contribution in [1.29, 1.82) is 0 Å². The third kappa shape index (κ3) is 4.36. The number of benzene rings is 2. The molecule has 4 aromatic rings. The van der Waals surface area contributed by atoms with Crippen LogP contribution in [0.25, 0.3) is 11.1 Å². The number of carbonyl (C=O) groups excluding carboxylic acids is 1. The van der Waals surface area contributed by atoms with Gasteiger partial charge in [-0.05, 0) is 42.5 Å². The van der Waals surface area contributed by atoms with Crippen LogP contribution in [0.5, 0.6) is 0 Å². The first kappa shape index (κ1) is 18.9. The molecule has 0 fully saturated rings. The Morgan fingerprint density at radius 3 is 2.72 bits per heavy atom. The Kier molecular flexibility index (Phi) is 5.15. The first-order valence-electron chi connectivity index (χ1n) is 8.65. The fourth-order valence-corrected chi connectivity index (χ4v) is 3.68. The highest BCUT2D eigenvalue weighted by Crippen LogP contribution is 2.17. The van der Waals surface area contributed by atoms with Gasteiger partial charge in [0, 0.05) is 0 Å². The van der Waals surface area contributed by atoms with E-state index in [0.717, 1.165) is 0 Å². The number of esters is 1. The predicted molar refractivity (Wildman–Crippen MR) is 102 cm³/mol. The van der Waals surface area contributed by atoms with Gasteiger partial charge < -0.3 is 13.6 Å². The largest absolute Gasteiger partial charge is 0.468 e. The summed E-state index contributed by atoms with van der Waals surface area (Å²) in [6, 6.07) is 16.1. The SMILES string of the molecule is O=C(OCc1nc2ccccc2o1)c1cccc(S(=O)(=O)NCc2ccco2)c1. The molecule has 9 heteroatoms. The zero-order chi connectivity index (χ0) is 20.3. The van der Waals surface area contributed by atoms with Gasteiger partial charge in [0.05, 0.1) is 23.3 Å². The highest BCUT2D eigenvalue weighted by atomic mass is 32.2. The predicted octanol–water partition coefficient (Wildman–Crippen LogP) is 3.26. The van der Waals surface area contributed by atoms with Gasteiger partial charge in [-0.1, -0.05) is 18.2 Å². The van der Waals surface area contributed by atoms with Crippen molar-refractivity contribution in [3.8, 4) is 0 Å². The zero-order valence-corrected chi connectivity index (χ0v) is 15.9. The number of fused-ring (bicyclic) bond motifs is 1. The van der Waals surface area contributed by atoms with Crippen LogP contribution in [0.2, 0.25) is 0 Å². The minimum atomic E-state index is -3.83. The number of hydrogen-bond acceptors (Lipinski definition) is 7. The molecule has 148 valence electrons. The van der Waals surface area contributed by atoms with E-state index in [1.807, 2.05) is 12.1 Å². The number of oxazole rings is 1. The van der Waals surface area contributed by atoms with E-state index in [-0.39, 0.29) is 29.5 Å². The fourth-order valence-electron chi connectivity index (χ4n) is 2.65. The number of aromatic nitrogens is 1. The van der Waals surface area contributed by atoms with Crippen LogP contribution >= 0.6 is 0 Å². The molecular weight excluding hydrogens is 396 g/mol. The third-order valence-corrected chi connectivity index (χ3v) is 5.46. The zero-order valence-electron chi connectivity index (χ0n) is 15.1. The Bertz CT molecular complexity index is 1210. The monoisotopic (exact) mass is 412 g/mol. The molecule has 0 aliphatic rings. The second kappa shape index (κ2) is 7.90. The van der Waals surface area contributed by atoms with Gasteiger partial charge in [-0.25, -0.2) is 22.9 Å². The molecule has 2 aromatic heterocycles. The van der Waals surface area contributed by atoms with Gasteiger partial charge in [-0.3, -0.25) is 0 Å². The summed E-state index contributed by atoms with van der Waals surface area (Å²) in [5.41, 5.74) is 1.35. The topological polar surface area (TPSA) is 112 Å². The molecule has 0 unspecified atom stereocenters. The van der Waals surface area contributed by atoms with Gasteiger partial charge in [-0.2, -0.15) is 0 Å². The fraction of sp³-hybridized carbons (Fsp3) is 0.100. The van der Waals surface area contributed by atoms with E-state index in [2.05, 4.69) is 9.71 Å². The number of ether oxygens (including phenoxy) is 1. The molecule has 8 nitrogen and oxygen atoms in total. The number of carbonyl (C=O) groups is 1. The maximum absolute atomic E-state index is 12.5. The normalized spacial score (nSPS) is 11.6. The van der Waals surface area contributed by atoms with Gasteiger partial charge in [-0.15, -0.1) is 0 Å². The quantitative estimate of drug-likeness (QED) is 0.464. The molecule has 0 bridgehead atoms. The van der Waals surface area contributed by atoms with Crippen LogP contribution in [0.3, 0.4) is 0 Å². The number of sulfonamides is 1. The molecule has 0 saturated heterocycles. The van der Waals surface area contributed by atoms with Gasteiger partial charge >= 0.3 is 5.97 Å². The Morgan fingerprint density at radius 2 is 1.93 bits per heavy atom. The Balaban J connectivity index is 1.43. The van der Waals surface area contributed by atoms with E-state index in [0.29, 0.717) is 16.9 Å². The van der Waals surface area contributed by atoms with Crippen LogP contribution in [-0.2, 0) is 27.9 Å². The highest BCUT2D eigenvalue weighted by Gasteiger charge is 2.18. The van der Waals surface area contributed by atoms with Crippen LogP contribution < -0.4 is 4.72 Å². The Morgan fingerprint density at radius 1 is 1.07 bits per heavy atom. The van der Waals surface area contributed by atoms with E-state index in [9.17, 15) is 13.2 Å². The smallest absolute Gasteiger partial charge is 0.338 e. The molecule has 2 aromatic carbocycles. The molecule has 1 N–H and O–H groups in total. The molecule has 0 aliphatic heterocycles. The maximum Gasteiger partial charge on any atom is 0.338 e. The standard InChI is InChI=1S/C20H16N2O6S/c23-20(27-13-19-22-17-8-1-2-9-18(17)28-19)14-5-3-7-16(11-14)29(24,25)21-12-15-6-4-10-26-15/h1-11,21H,12-13H2. The lowest BCUT2D eigenvalue weighted by molar-refractivity contribution is 0.0440. The van der Waals surface area contributed by atoms with Crippen molar-refractivity contribution in [3.05, 3.63) is 84.1 Å². The van der Waals surface area contributed by atoms with Crippen LogP contribution in [0.4, 0.5) is 0 Å². The molecule has 0 amide bonds. The summed E-state index contributed by atoms with van der Waals surface area (Å²) in [7, 11) is -3.83. The van der Waals surface area contributed by atoms with E-state index in [1.54, 1.807) is 24.3 Å². The number of furan rings is 1. The minimum Gasteiger partial charge on any atom is -0.468 e. The summed E-state index contributed by atoms with van der Waals surface area (Å²) < 4.78 is 43.1. The summed E-state index contributed by atoms with van der Waals surface area (Å²) >= 11 is 0. The summed E-state index contributed by atoms with van der Waals surface area (Å²) in [6.45, 7) is -0.164. The number of hydrogen-bond donors (Lipinski definition) is 1. The van der Waals surface area contributed by atoms with Crippen molar-refractivity contribution < 1.29 is 26.8 Å². The van der Waals surface area contributed by atoms with Gasteiger partial charge in [0.1, 0.15) is 11.3 Å². The molecule has 0 saturated carbocycles. The number of nitrogens with zero attached hydrogens (tertiary/aromatic N) is 1. The Labute approximate surface area is 166 Å². The molecule has 0 spiro atoms. The van der Waals surface area contributed by atoms with Crippen LogP contribution in [0.15, 0.2) is 80.7 Å². The van der Waals surface area contributed by atoms with E-state index in [4.69, 9.17) is 13.6 Å². The van der Waals surface area contributed by atoms with E-state index >= 15 is 0 Å². The lowest BCUT2D eigenvalue weighted by atomic mass is 10.2. The first-order chi connectivity index (χ1) is 14.0. The van der Waals surface area contributed by atoms with Crippen LogP contribution in [0.1, 0.15) is 22.0 Å². The second-order valence-electron chi connectivity index (χ2n) is 6.08. The van der Waals surface area contributed by atoms with Crippen molar-refractivity contribution in [1.82, 2.24) is 9.71 Å². The number of rotatable bonds is 7. The van der Waals surface area contributed by atoms with E-state index < -0.39 is 16.0 Å². The molecule has 29 heavy (non-hydrogen) atoms. The molecule has 2 heterocycles. The van der Waals surface area contributed by atoms with Crippen molar-refractivity contribution in [2.45, 2.75) is 18.0 Å². The lowest BCUT2D eigenvalue weighted by Crippen LogP contribution is -2.23. The average molecular weight is 412 g/mol. The van der Waals surface area contributed by atoms with Gasteiger partial charge in [0.25, 0.3) is 0 Å². The van der Waals surface area contributed by atoms with Crippen LogP contribution in [-0.4, -0.2) is 19.4 Å². The molecule has 0 aliphatic carbocycles. The number of nitrogens with one attached hydrogen (secondary N) is 1. The molecule has 4 rings (SSSR count). The Hall–Kier alpha value is -3.43.